The smallest absolute Gasteiger partial charge is 0.161 e. The molecule has 1 rings (SSSR count). The third-order valence-electron chi connectivity index (χ3n) is 3.63. The number of hydrogen-bond donors (Lipinski definition) is 1. The summed E-state index contributed by atoms with van der Waals surface area (Å²) in [6.45, 7) is 7.74. The predicted molar refractivity (Wildman–Crippen MR) is 80.0 cm³/mol. The average Bonchev–Trinajstić information content (AvgIpc) is 2.47. The molecule has 0 aliphatic heterocycles. The van der Waals surface area contributed by atoms with E-state index in [0.717, 1.165) is 24.5 Å². The molecule has 0 aliphatic carbocycles. The van der Waals surface area contributed by atoms with Crippen LogP contribution in [0.3, 0.4) is 0 Å². The van der Waals surface area contributed by atoms with Crippen molar-refractivity contribution in [2.75, 3.05) is 20.8 Å². The summed E-state index contributed by atoms with van der Waals surface area (Å²) in [5.41, 5.74) is 1.25. The Balaban J connectivity index is 2.80. The van der Waals surface area contributed by atoms with Crippen LogP contribution in [0, 0.1) is 5.92 Å². The van der Waals surface area contributed by atoms with Crippen LogP contribution in [0.2, 0.25) is 0 Å². The summed E-state index contributed by atoms with van der Waals surface area (Å²) in [6.07, 6.45) is 2.27. The van der Waals surface area contributed by atoms with Crippen molar-refractivity contribution in [3.63, 3.8) is 0 Å². The lowest BCUT2D eigenvalue weighted by molar-refractivity contribution is 0.353. The average molecular weight is 265 g/mol. The Morgan fingerprint density at radius 2 is 1.74 bits per heavy atom. The summed E-state index contributed by atoms with van der Waals surface area (Å²) in [5, 5.41) is 3.63. The number of benzene rings is 1. The maximum Gasteiger partial charge on any atom is 0.161 e. The molecule has 0 saturated carbocycles. The van der Waals surface area contributed by atoms with E-state index in [9.17, 15) is 0 Å². The van der Waals surface area contributed by atoms with Gasteiger partial charge in [-0.2, -0.15) is 0 Å². The van der Waals surface area contributed by atoms with E-state index in [2.05, 4.69) is 38.2 Å². The van der Waals surface area contributed by atoms with Gasteiger partial charge in [0, 0.05) is 6.04 Å². The molecule has 0 heterocycles. The molecule has 0 aromatic heterocycles. The molecule has 108 valence electrons. The lowest BCUT2D eigenvalue weighted by Crippen LogP contribution is -2.25. The van der Waals surface area contributed by atoms with Crippen LogP contribution in [0.15, 0.2) is 18.2 Å². The fourth-order valence-electron chi connectivity index (χ4n) is 2.06. The number of ether oxygens (including phenoxy) is 2. The lowest BCUT2D eigenvalue weighted by Gasteiger charge is -2.21. The van der Waals surface area contributed by atoms with Gasteiger partial charge in [0.05, 0.1) is 14.2 Å². The first-order valence-corrected chi connectivity index (χ1v) is 7.11. The maximum atomic E-state index is 5.37. The van der Waals surface area contributed by atoms with Crippen molar-refractivity contribution in [1.29, 1.82) is 0 Å². The Bertz CT molecular complexity index is 379. The molecule has 0 amide bonds. The van der Waals surface area contributed by atoms with Crippen LogP contribution < -0.4 is 14.8 Å². The molecule has 1 aromatic carbocycles. The van der Waals surface area contributed by atoms with E-state index in [0.29, 0.717) is 12.0 Å². The number of methoxy groups -OCH3 is 2. The van der Waals surface area contributed by atoms with E-state index in [1.54, 1.807) is 14.2 Å². The van der Waals surface area contributed by atoms with E-state index >= 15 is 0 Å². The molecule has 0 bridgehead atoms. The highest BCUT2D eigenvalue weighted by atomic mass is 16.5. The Morgan fingerprint density at radius 1 is 1.05 bits per heavy atom. The van der Waals surface area contributed by atoms with Gasteiger partial charge in [-0.1, -0.05) is 33.3 Å². The van der Waals surface area contributed by atoms with Crippen molar-refractivity contribution in [3.05, 3.63) is 23.8 Å². The molecule has 0 aliphatic rings. The fraction of sp³-hybridized carbons (Fsp3) is 0.625. The first-order chi connectivity index (χ1) is 9.15. The van der Waals surface area contributed by atoms with E-state index in [-0.39, 0.29) is 0 Å². The molecule has 1 N–H and O–H groups in total. The zero-order chi connectivity index (χ0) is 14.3. The first-order valence-electron chi connectivity index (χ1n) is 7.11. The lowest BCUT2D eigenvalue weighted by atomic mass is 10.0. The van der Waals surface area contributed by atoms with Crippen LogP contribution in [0.4, 0.5) is 0 Å². The van der Waals surface area contributed by atoms with Crippen molar-refractivity contribution >= 4 is 0 Å². The molecule has 0 saturated heterocycles. The van der Waals surface area contributed by atoms with Gasteiger partial charge in [-0.15, -0.1) is 0 Å². The monoisotopic (exact) mass is 265 g/mol. The van der Waals surface area contributed by atoms with Crippen molar-refractivity contribution in [2.24, 2.45) is 5.92 Å². The number of nitrogens with one attached hydrogen (secondary N) is 1. The van der Waals surface area contributed by atoms with Crippen molar-refractivity contribution < 1.29 is 9.47 Å². The van der Waals surface area contributed by atoms with Gasteiger partial charge in [-0.05, 0) is 36.6 Å². The normalized spacial score (nSPS) is 13.9. The minimum atomic E-state index is 0.369. The summed E-state index contributed by atoms with van der Waals surface area (Å²) >= 11 is 0. The summed E-state index contributed by atoms with van der Waals surface area (Å²) in [7, 11) is 3.34. The molecule has 0 fully saturated rings. The van der Waals surface area contributed by atoms with Gasteiger partial charge in [0.1, 0.15) is 0 Å². The summed E-state index contributed by atoms with van der Waals surface area (Å²) in [4.78, 5) is 0. The molecule has 0 spiro atoms. The first kappa shape index (κ1) is 15.8. The van der Waals surface area contributed by atoms with Crippen molar-refractivity contribution in [2.45, 2.75) is 39.7 Å². The number of hydrogen-bond acceptors (Lipinski definition) is 3. The highest BCUT2D eigenvalue weighted by Crippen LogP contribution is 2.30. The summed E-state index contributed by atoms with van der Waals surface area (Å²) in [6, 6.07) is 6.52. The fourth-order valence-corrected chi connectivity index (χ4v) is 2.06. The predicted octanol–water partition coefficient (Wildman–Crippen LogP) is 3.79. The Morgan fingerprint density at radius 3 is 2.26 bits per heavy atom. The van der Waals surface area contributed by atoms with Crippen LogP contribution in [0.25, 0.3) is 0 Å². The SMILES string of the molecule is CCC(C)CNC(CC)c1ccc(OC)c(OC)c1. The quantitative estimate of drug-likeness (QED) is 0.775. The van der Waals surface area contributed by atoms with Gasteiger partial charge >= 0.3 is 0 Å². The van der Waals surface area contributed by atoms with E-state index < -0.39 is 0 Å². The van der Waals surface area contributed by atoms with Gasteiger partial charge in [-0.25, -0.2) is 0 Å². The van der Waals surface area contributed by atoms with Crippen molar-refractivity contribution in [3.8, 4) is 11.5 Å². The van der Waals surface area contributed by atoms with Crippen LogP contribution in [0.5, 0.6) is 11.5 Å². The molecule has 3 nitrogen and oxygen atoms in total. The van der Waals surface area contributed by atoms with Gasteiger partial charge in [0.25, 0.3) is 0 Å². The third kappa shape index (κ3) is 4.43. The molecule has 19 heavy (non-hydrogen) atoms. The second-order valence-electron chi connectivity index (χ2n) is 5.00. The number of rotatable bonds is 8. The molecule has 0 radical (unpaired) electrons. The Kier molecular flexibility index (Phi) is 6.71. The van der Waals surface area contributed by atoms with Crippen LogP contribution in [0.1, 0.15) is 45.2 Å². The Labute approximate surface area is 117 Å². The van der Waals surface area contributed by atoms with E-state index in [1.807, 2.05) is 6.07 Å². The molecule has 3 heteroatoms. The van der Waals surface area contributed by atoms with E-state index in [4.69, 9.17) is 9.47 Å². The molecule has 1 aromatic rings. The summed E-state index contributed by atoms with van der Waals surface area (Å²) < 4.78 is 10.6. The zero-order valence-electron chi connectivity index (χ0n) is 12.8. The minimum Gasteiger partial charge on any atom is -0.493 e. The molecular weight excluding hydrogens is 238 g/mol. The van der Waals surface area contributed by atoms with Crippen molar-refractivity contribution in [1.82, 2.24) is 5.32 Å². The van der Waals surface area contributed by atoms with Crippen LogP contribution in [-0.4, -0.2) is 20.8 Å². The molecular formula is C16H27NO2. The standard InChI is InChI=1S/C16H27NO2/c1-6-12(3)11-17-14(7-2)13-8-9-15(18-4)16(10-13)19-5/h8-10,12,14,17H,6-7,11H2,1-5H3. The minimum absolute atomic E-state index is 0.369. The largest absolute Gasteiger partial charge is 0.493 e. The van der Waals surface area contributed by atoms with Gasteiger partial charge < -0.3 is 14.8 Å². The maximum absolute atomic E-state index is 5.37. The summed E-state index contributed by atoms with van der Waals surface area (Å²) in [5.74, 6) is 2.28. The second-order valence-corrected chi connectivity index (χ2v) is 5.00. The highest BCUT2D eigenvalue weighted by molar-refractivity contribution is 5.43. The van der Waals surface area contributed by atoms with Gasteiger partial charge in [-0.3, -0.25) is 0 Å². The second kappa shape index (κ2) is 8.05. The molecule has 2 atom stereocenters. The van der Waals surface area contributed by atoms with Crippen LogP contribution in [-0.2, 0) is 0 Å². The molecule has 2 unspecified atom stereocenters. The van der Waals surface area contributed by atoms with Gasteiger partial charge in [0.15, 0.2) is 11.5 Å². The zero-order valence-corrected chi connectivity index (χ0v) is 12.8. The van der Waals surface area contributed by atoms with Gasteiger partial charge in [0.2, 0.25) is 0 Å². The van der Waals surface area contributed by atoms with E-state index in [1.165, 1.54) is 12.0 Å². The Hall–Kier alpha value is -1.22. The highest BCUT2D eigenvalue weighted by Gasteiger charge is 2.13. The topological polar surface area (TPSA) is 30.5 Å². The third-order valence-corrected chi connectivity index (χ3v) is 3.63. The van der Waals surface area contributed by atoms with Crippen LogP contribution >= 0.6 is 0 Å².